The third-order valence-electron chi connectivity index (χ3n) is 4.67. The summed E-state index contributed by atoms with van der Waals surface area (Å²) in [6.07, 6.45) is 2.62. The first kappa shape index (κ1) is 17.4. The van der Waals surface area contributed by atoms with Crippen LogP contribution in [0.3, 0.4) is 0 Å². The molecule has 0 saturated carbocycles. The molecule has 0 aliphatic rings. The first-order chi connectivity index (χ1) is 11.0. The summed E-state index contributed by atoms with van der Waals surface area (Å²) in [6.45, 7) is 2.65. The van der Waals surface area contributed by atoms with Crippen molar-refractivity contribution in [3.05, 3.63) is 71.8 Å². The number of ketones is 1. The van der Waals surface area contributed by atoms with Crippen LogP contribution in [0.1, 0.15) is 30.9 Å². The fourth-order valence-corrected chi connectivity index (χ4v) is 3.14. The highest BCUT2D eigenvalue weighted by atomic mass is 16.1. The number of hydrogen-bond acceptors (Lipinski definition) is 2. The summed E-state index contributed by atoms with van der Waals surface area (Å²) in [4.78, 5) is 14.8. The van der Waals surface area contributed by atoms with E-state index in [1.807, 2.05) is 24.3 Å². The summed E-state index contributed by atoms with van der Waals surface area (Å²) in [5.74, 6) is 0.265. The quantitative estimate of drug-likeness (QED) is 0.732. The number of rotatable bonds is 8. The third kappa shape index (κ3) is 4.52. The van der Waals surface area contributed by atoms with Crippen molar-refractivity contribution in [1.29, 1.82) is 0 Å². The Hall–Kier alpha value is -1.93. The monoisotopic (exact) mass is 309 g/mol. The maximum Gasteiger partial charge on any atom is 0.140 e. The summed E-state index contributed by atoms with van der Waals surface area (Å²) in [5, 5.41) is 0. The van der Waals surface area contributed by atoms with E-state index >= 15 is 0 Å². The number of aryl methyl sites for hydroxylation is 1. The van der Waals surface area contributed by atoms with Crippen LogP contribution in [-0.2, 0) is 16.6 Å². The lowest BCUT2D eigenvalue weighted by atomic mass is 9.70. The van der Waals surface area contributed by atoms with Crippen molar-refractivity contribution < 1.29 is 4.79 Å². The first-order valence-corrected chi connectivity index (χ1v) is 8.30. The van der Waals surface area contributed by atoms with Crippen LogP contribution in [0.25, 0.3) is 0 Å². The molecule has 2 rings (SSSR count). The molecule has 2 aromatic rings. The summed E-state index contributed by atoms with van der Waals surface area (Å²) < 4.78 is 0. The maximum atomic E-state index is 12.7. The maximum absolute atomic E-state index is 12.7. The Morgan fingerprint density at radius 3 is 2.00 bits per heavy atom. The number of carbonyl (C=O) groups excluding carboxylic acids is 1. The van der Waals surface area contributed by atoms with Crippen molar-refractivity contribution in [3.63, 3.8) is 0 Å². The van der Waals surface area contributed by atoms with E-state index < -0.39 is 5.41 Å². The molecule has 23 heavy (non-hydrogen) atoms. The van der Waals surface area contributed by atoms with Gasteiger partial charge in [0.2, 0.25) is 0 Å². The molecule has 0 aliphatic heterocycles. The SMILES string of the molecule is CC(=O)[C@](CCc1ccccc1)(CCN(C)C)c1ccccc1. The van der Waals surface area contributed by atoms with Gasteiger partial charge in [-0.25, -0.2) is 0 Å². The molecule has 0 aromatic heterocycles. The van der Waals surface area contributed by atoms with Gasteiger partial charge in [0.25, 0.3) is 0 Å². The van der Waals surface area contributed by atoms with Crippen LogP contribution < -0.4 is 0 Å². The summed E-state index contributed by atoms with van der Waals surface area (Å²) in [7, 11) is 4.13. The fraction of sp³-hybridized carbons (Fsp3) is 0.381. The molecule has 0 spiro atoms. The molecule has 0 bridgehead atoms. The van der Waals surface area contributed by atoms with Gasteiger partial charge < -0.3 is 4.90 Å². The molecule has 0 fully saturated rings. The predicted molar refractivity (Wildman–Crippen MR) is 96.7 cm³/mol. The Balaban J connectivity index is 2.30. The number of carbonyl (C=O) groups is 1. The second kappa shape index (κ2) is 8.07. The molecule has 1 atom stereocenters. The molecule has 2 heteroatoms. The van der Waals surface area contributed by atoms with Gasteiger partial charge in [0.05, 0.1) is 5.41 Å². The molecule has 0 unspecified atom stereocenters. The minimum absolute atomic E-state index is 0.265. The van der Waals surface area contributed by atoms with Gasteiger partial charge in [0, 0.05) is 0 Å². The highest BCUT2D eigenvalue weighted by molar-refractivity contribution is 5.88. The zero-order valence-corrected chi connectivity index (χ0v) is 14.5. The van der Waals surface area contributed by atoms with Gasteiger partial charge in [-0.15, -0.1) is 0 Å². The van der Waals surface area contributed by atoms with Gasteiger partial charge in [-0.1, -0.05) is 60.7 Å². The van der Waals surface area contributed by atoms with Gasteiger partial charge in [-0.05, 0) is 58.0 Å². The molecule has 2 aromatic carbocycles. The van der Waals surface area contributed by atoms with Crippen molar-refractivity contribution in [1.82, 2.24) is 4.90 Å². The van der Waals surface area contributed by atoms with Crippen LogP contribution in [0, 0.1) is 0 Å². The molecule has 0 radical (unpaired) electrons. The summed E-state index contributed by atoms with van der Waals surface area (Å²) in [6, 6.07) is 20.7. The highest BCUT2D eigenvalue weighted by Gasteiger charge is 2.36. The van der Waals surface area contributed by atoms with E-state index in [1.165, 1.54) is 5.56 Å². The standard InChI is InChI=1S/C21H27NO/c1-18(23)21(16-17-22(2)3,20-12-8-5-9-13-20)15-14-19-10-6-4-7-11-19/h4-13H,14-17H2,1-3H3/t21-/m0/s1. The van der Waals surface area contributed by atoms with Crippen LogP contribution in [-0.4, -0.2) is 31.3 Å². The normalized spacial score (nSPS) is 13.7. The minimum Gasteiger partial charge on any atom is -0.309 e. The van der Waals surface area contributed by atoms with Crippen LogP contribution >= 0.6 is 0 Å². The highest BCUT2D eigenvalue weighted by Crippen LogP contribution is 2.34. The molecule has 122 valence electrons. The molecule has 0 N–H and O–H groups in total. The molecule has 0 amide bonds. The Morgan fingerprint density at radius 1 is 0.913 bits per heavy atom. The molecule has 0 saturated heterocycles. The number of Topliss-reactive ketones (excluding diaryl/α,β-unsaturated/α-hetero) is 1. The van der Waals surface area contributed by atoms with E-state index in [1.54, 1.807) is 6.92 Å². The average molecular weight is 309 g/mol. The van der Waals surface area contributed by atoms with E-state index in [0.717, 1.165) is 31.4 Å². The van der Waals surface area contributed by atoms with Crippen LogP contribution in [0.4, 0.5) is 0 Å². The first-order valence-electron chi connectivity index (χ1n) is 8.30. The number of hydrogen-bond donors (Lipinski definition) is 0. The summed E-state index contributed by atoms with van der Waals surface area (Å²) >= 11 is 0. The van der Waals surface area contributed by atoms with Crippen LogP contribution in [0.5, 0.6) is 0 Å². The van der Waals surface area contributed by atoms with E-state index in [9.17, 15) is 4.79 Å². The Kier molecular flexibility index (Phi) is 6.12. The molecule has 0 heterocycles. The van der Waals surface area contributed by atoms with E-state index in [4.69, 9.17) is 0 Å². The molecule has 0 aliphatic carbocycles. The van der Waals surface area contributed by atoms with Crippen molar-refractivity contribution in [2.24, 2.45) is 0 Å². The Bertz CT molecular complexity index is 606. The molecular formula is C21H27NO. The Morgan fingerprint density at radius 2 is 1.48 bits per heavy atom. The lowest BCUT2D eigenvalue weighted by Gasteiger charge is -2.33. The molecular weight excluding hydrogens is 282 g/mol. The topological polar surface area (TPSA) is 20.3 Å². The van der Waals surface area contributed by atoms with E-state index in [2.05, 4.69) is 55.4 Å². The van der Waals surface area contributed by atoms with Crippen LogP contribution in [0.2, 0.25) is 0 Å². The predicted octanol–water partition coefficient (Wildman–Crippen LogP) is 4.10. The van der Waals surface area contributed by atoms with Gasteiger partial charge >= 0.3 is 0 Å². The van der Waals surface area contributed by atoms with Crippen molar-refractivity contribution in [2.75, 3.05) is 20.6 Å². The van der Waals surface area contributed by atoms with Gasteiger partial charge in [-0.2, -0.15) is 0 Å². The zero-order valence-electron chi connectivity index (χ0n) is 14.5. The Labute approximate surface area is 140 Å². The third-order valence-corrected chi connectivity index (χ3v) is 4.67. The largest absolute Gasteiger partial charge is 0.309 e. The van der Waals surface area contributed by atoms with E-state index in [-0.39, 0.29) is 5.78 Å². The zero-order chi connectivity index (χ0) is 16.7. The minimum atomic E-state index is -0.401. The summed E-state index contributed by atoms with van der Waals surface area (Å²) in [5.41, 5.74) is 2.03. The second-order valence-corrected chi connectivity index (χ2v) is 6.54. The van der Waals surface area contributed by atoms with Crippen molar-refractivity contribution in [2.45, 2.75) is 31.6 Å². The van der Waals surface area contributed by atoms with Gasteiger partial charge in [0.15, 0.2) is 0 Å². The lowest BCUT2D eigenvalue weighted by Crippen LogP contribution is -2.38. The van der Waals surface area contributed by atoms with E-state index in [0.29, 0.717) is 0 Å². The van der Waals surface area contributed by atoms with Gasteiger partial charge in [0.1, 0.15) is 5.78 Å². The second-order valence-electron chi connectivity index (χ2n) is 6.54. The van der Waals surface area contributed by atoms with Crippen molar-refractivity contribution >= 4 is 5.78 Å². The number of nitrogens with zero attached hydrogens (tertiary/aromatic N) is 1. The van der Waals surface area contributed by atoms with Crippen molar-refractivity contribution in [3.8, 4) is 0 Å². The van der Waals surface area contributed by atoms with Crippen LogP contribution in [0.15, 0.2) is 60.7 Å². The lowest BCUT2D eigenvalue weighted by molar-refractivity contribution is -0.123. The van der Waals surface area contributed by atoms with Gasteiger partial charge in [-0.3, -0.25) is 4.79 Å². The fourth-order valence-electron chi connectivity index (χ4n) is 3.14. The smallest absolute Gasteiger partial charge is 0.140 e. The molecule has 2 nitrogen and oxygen atoms in total. The number of benzene rings is 2. The average Bonchev–Trinajstić information content (AvgIpc) is 2.56.